The van der Waals surface area contributed by atoms with E-state index in [9.17, 15) is 4.79 Å². The van der Waals surface area contributed by atoms with Gasteiger partial charge < -0.3 is 15.4 Å². The lowest BCUT2D eigenvalue weighted by molar-refractivity contribution is -0.122. The van der Waals surface area contributed by atoms with Gasteiger partial charge in [-0.2, -0.15) is 0 Å². The zero-order valence-electron chi connectivity index (χ0n) is 12.6. The first kappa shape index (κ1) is 15.0. The molecule has 1 aromatic rings. The SMILES string of the molecule is CCOC(CN)CCN1C(=O)C(C)(C)c2ccccc21. The Morgan fingerprint density at radius 1 is 1.35 bits per heavy atom. The van der Waals surface area contributed by atoms with Crippen molar-refractivity contribution in [2.24, 2.45) is 5.73 Å². The lowest BCUT2D eigenvalue weighted by Crippen LogP contribution is -2.38. The highest BCUT2D eigenvalue weighted by atomic mass is 16.5. The molecular weight excluding hydrogens is 252 g/mol. The molecule has 0 fully saturated rings. The van der Waals surface area contributed by atoms with Crippen LogP contribution in [0.4, 0.5) is 5.69 Å². The third-order valence-corrected chi connectivity index (χ3v) is 3.99. The highest BCUT2D eigenvalue weighted by molar-refractivity contribution is 6.07. The van der Waals surface area contributed by atoms with Crippen LogP contribution in [-0.4, -0.2) is 31.7 Å². The standard InChI is InChI=1S/C16H24N2O2/c1-4-20-12(11-17)9-10-18-14-8-6-5-7-13(14)16(2,3)15(18)19/h5-8,12H,4,9-11,17H2,1-3H3. The first-order valence-corrected chi connectivity index (χ1v) is 7.25. The van der Waals surface area contributed by atoms with Crippen LogP contribution in [0.15, 0.2) is 24.3 Å². The maximum absolute atomic E-state index is 12.6. The number of amides is 1. The van der Waals surface area contributed by atoms with E-state index in [0.717, 1.165) is 17.7 Å². The van der Waals surface area contributed by atoms with E-state index >= 15 is 0 Å². The third kappa shape index (κ3) is 2.58. The first-order valence-electron chi connectivity index (χ1n) is 7.25. The van der Waals surface area contributed by atoms with Crippen molar-refractivity contribution in [2.45, 2.75) is 38.7 Å². The van der Waals surface area contributed by atoms with Gasteiger partial charge in [0.1, 0.15) is 0 Å². The van der Waals surface area contributed by atoms with E-state index in [0.29, 0.717) is 19.7 Å². The monoisotopic (exact) mass is 276 g/mol. The molecule has 0 saturated heterocycles. The number of carbonyl (C=O) groups is 1. The molecule has 0 aliphatic carbocycles. The average Bonchev–Trinajstić information content (AvgIpc) is 2.64. The van der Waals surface area contributed by atoms with Gasteiger partial charge in [0.25, 0.3) is 0 Å². The van der Waals surface area contributed by atoms with E-state index in [1.54, 1.807) is 0 Å². The minimum atomic E-state index is -0.444. The molecule has 4 nitrogen and oxygen atoms in total. The van der Waals surface area contributed by atoms with Gasteiger partial charge in [0.05, 0.1) is 11.5 Å². The number of anilines is 1. The fraction of sp³-hybridized carbons (Fsp3) is 0.562. The van der Waals surface area contributed by atoms with Crippen LogP contribution in [0.3, 0.4) is 0 Å². The van der Waals surface area contributed by atoms with Crippen molar-refractivity contribution in [1.82, 2.24) is 0 Å². The second kappa shape index (κ2) is 5.94. The first-order chi connectivity index (χ1) is 9.52. The second-order valence-electron chi connectivity index (χ2n) is 5.70. The van der Waals surface area contributed by atoms with Crippen molar-refractivity contribution >= 4 is 11.6 Å². The van der Waals surface area contributed by atoms with Gasteiger partial charge in [-0.05, 0) is 38.8 Å². The predicted octanol–water partition coefficient (Wildman–Crippen LogP) is 2.06. The summed E-state index contributed by atoms with van der Waals surface area (Å²) in [6.07, 6.45) is 0.782. The van der Waals surface area contributed by atoms with Gasteiger partial charge >= 0.3 is 0 Å². The van der Waals surface area contributed by atoms with Crippen LogP contribution in [0.1, 0.15) is 32.8 Å². The van der Waals surface area contributed by atoms with Gasteiger partial charge in [0.15, 0.2) is 0 Å². The number of nitrogens with two attached hydrogens (primary N) is 1. The maximum Gasteiger partial charge on any atom is 0.237 e. The Bertz CT molecular complexity index is 485. The molecule has 0 spiro atoms. The Hall–Kier alpha value is -1.39. The Labute approximate surface area is 120 Å². The Morgan fingerprint density at radius 3 is 2.70 bits per heavy atom. The maximum atomic E-state index is 12.6. The van der Waals surface area contributed by atoms with Crippen molar-refractivity contribution in [3.63, 3.8) is 0 Å². The molecule has 0 radical (unpaired) electrons. The van der Waals surface area contributed by atoms with Gasteiger partial charge in [-0.1, -0.05) is 18.2 Å². The van der Waals surface area contributed by atoms with E-state index in [2.05, 4.69) is 0 Å². The van der Waals surface area contributed by atoms with Crippen LogP contribution in [-0.2, 0) is 14.9 Å². The van der Waals surface area contributed by atoms with Crippen LogP contribution >= 0.6 is 0 Å². The molecule has 0 bridgehead atoms. The Balaban J connectivity index is 2.15. The van der Waals surface area contributed by atoms with Crippen molar-refractivity contribution in [1.29, 1.82) is 0 Å². The zero-order valence-corrected chi connectivity index (χ0v) is 12.6. The number of rotatable bonds is 6. The van der Waals surface area contributed by atoms with Crippen LogP contribution in [0.5, 0.6) is 0 Å². The fourth-order valence-corrected chi connectivity index (χ4v) is 2.80. The van der Waals surface area contributed by atoms with Crippen molar-refractivity contribution < 1.29 is 9.53 Å². The molecule has 2 N–H and O–H groups in total. The number of para-hydroxylation sites is 1. The van der Waals surface area contributed by atoms with E-state index in [-0.39, 0.29) is 12.0 Å². The fourth-order valence-electron chi connectivity index (χ4n) is 2.80. The van der Waals surface area contributed by atoms with Crippen LogP contribution < -0.4 is 10.6 Å². The van der Waals surface area contributed by atoms with E-state index in [4.69, 9.17) is 10.5 Å². The van der Waals surface area contributed by atoms with E-state index < -0.39 is 5.41 Å². The molecule has 1 aliphatic rings. The summed E-state index contributed by atoms with van der Waals surface area (Å²) in [6.45, 7) is 7.72. The summed E-state index contributed by atoms with van der Waals surface area (Å²) in [4.78, 5) is 14.5. The summed E-state index contributed by atoms with van der Waals surface area (Å²) in [5, 5.41) is 0. The Kier molecular flexibility index (Phi) is 4.45. The number of nitrogens with zero attached hydrogens (tertiary/aromatic N) is 1. The van der Waals surface area contributed by atoms with E-state index in [1.807, 2.05) is 49.9 Å². The number of ether oxygens (including phenoxy) is 1. The predicted molar refractivity (Wildman–Crippen MR) is 80.9 cm³/mol. The zero-order chi connectivity index (χ0) is 14.8. The molecule has 2 rings (SSSR count). The molecular formula is C16H24N2O2. The van der Waals surface area contributed by atoms with Gasteiger partial charge in [0, 0.05) is 25.4 Å². The van der Waals surface area contributed by atoms with Gasteiger partial charge in [-0.3, -0.25) is 4.79 Å². The van der Waals surface area contributed by atoms with Gasteiger partial charge in [-0.25, -0.2) is 0 Å². The minimum absolute atomic E-state index is 0.0173. The summed E-state index contributed by atoms with van der Waals surface area (Å²) >= 11 is 0. The van der Waals surface area contributed by atoms with Crippen molar-refractivity contribution in [3.05, 3.63) is 29.8 Å². The molecule has 1 atom stereocenters. The molecule has 0 aromatic heterocycles. The lowest BCUT2D eigenvalue weighted by atomic mass is 9.86. The lowest BCUT2D eigenvalue weighted by Gasteiger charge is -2.23. The summed E-state index contributed by atoms with van der Waals surface area (Å²) in [6, 6.07) is 8.01. The highest BCUT2D eigenvalue weighted by Gasteiger charge is 2.43. The normalized spacial score (nSPS) is 18.2. The van der Waals surface area contributed by atoms with Gasteiger partial charge in [0.2, 0.25) is 5.91 Å². The Morgan fingerprint density at radius 2 is 2.05 bits per heavy atom. The van der Waals surface area contributed by atoms with E-state index in [1.165, 1.54) is 0 Å². The molecule has 1 amide bonds. The minimum Gasteiger partial charge on any atom is -0.377 e. The molecule has 20 heavy (non-hydrogen) atoms. The summed E-state index contributed by atoms with van der Waals surface area (Å²) in [7, 11) is 0. The summed E-state index contributed by atoms with van der Waals surface area (Å²) < 4.78 is 5.56. The third-order valence-electron chi connectivity index (χ3n) is 3.99. The van der Waals surface area contributed by atoms with Gasteiger partial charge in [-0.15, -0.1) is 0 Å². The van der Waals surface area contributed by atoms with Crippen LogP contribution in [0.2, 0.25) is 0 Å². The van der Waals surface area contributed by atoms with Crippen molar-refractivity contribution in [3.8, 4) is 0 Å². The molecule has 1 aliphatic heterocycles. The van der Waals surface area contributed by atoms with Crippen molar-refractivity contribution in [2.75, 3.05) is 24.6 Å². The second-order valence-corrected chi connectivity index (χ2v) is 5.70. The smallest absolute Gasteiger partial charge is 0.237 e. The molecule has 110 valence electrons. The topological polar surface area (TPSA) is 55.6 Å². The van der Waals surface area contributed by atoms with Crippen LogP contribution in [0.25, 0.3) is 0 Å². The number of hydrogen-bond donors (Lipinski definition) is 1. The molecule has 1 heterocycles. The highest BCUT2D eigenvalue weighted by Crippen LogP contribution is 2.41. The summed E-state index contributed by atoms with van der Waals surface area (Å²) in [5.41, 5.74) is 7.38. The molecule has 1 unspecified atom stereocenters. The number of benzene rings is 1. The average molecular weight is 276 g/mol. The molecule has 1 aromatic carbocycles. The molecule has 0 saturated carbocycles. The quantitative estimate of drug-likeness (QED) is 0.865. The number of fused-ring (bicyclic) bond motifs is 1. The van der Waals surface area contributed by atoms with Crippen LogP contribution in [0, 0.1) is 0 Å². The molecule has 4 heteroatoms. The largest absolute Gasteiger partial charge is 0.377 e. The number of carbonyl (C=O) groups excluding carboxylic acids is 1. The summed E-state index contributed by atoms with van der Waals surface area (Å²) in [5.74, 6) is 0.158. The number of hydrogen-bond acceptors (Lipinski definition) is 3.